The molecule has 0 saturated carbocycles. The van der Waals surface area contributed by atoms with E-state index in [4.69, 9.17) is 9.47 Å². The summed E-state index contributed by atoms with van der Waals surface area (Å²) in [5, 5.41) is 20.9. The van der Waals surface area contributed by atoms with Crippen LogP contribution in [0.1, 0.15) is 31.1 Å². The van der Waals surface area contributed by atoms with Crippen LogP contribution in [0, 0.1) is 11.3 Å². The Bertz CT molecular complexity index is 990. The third-order valence-corrected chi connectivity index (χ3v) is 5.21. The van der Waals surface area contributed by atoms with Gasteiger partial charge in [0.1, 0.15) is 17.5 Å². The summed E-state index contributed by atoms with van der Waals surface area (Å²) in [6.07, 6.45) is -1.58. The quantitative estimate of drug-likeness (QED) is 0.759. The van der Waals surface area contributed by atoms with Crippen LogP contribution in [0.15, 0.2) is 42.5 Å². The fourth-order valence-electron chi connectivity index (χ4n) is 3.01. The molecular formula is C19H16N2O3S. The first kappa shape index (κ1) is 15.9. The van der Waals surface area contributed by atoms with Crippen molar-refractivity contribution in [1.29, 1.82) is 5.26 Å². The van der Waals surface area contributed by atoms with Gasteiger partial charge in [0.25, 0.3) is 0 Å². The molecule has 5 nitrogen and oxygen atoms in total. The van der Waals surface area contributed by atoms with Crippen molar-refractivity contribution in [3.05, 3.63) is 53.6 Å². The Kier molecular flexibility index (Phi) is 3.64. The second-order valence-electron chi connectivity index (χ2n) is 6.54. The van der Waals surface area contributed by atoms with Crippen LogP contribution in [-0.2, 0) is 0 Å². The normalized spacial score (nSPS) is 21.2. The number of benzene rings is 2. The summed E-state index contributed by atoms with van der Waals surface area (Å²) in [7, 11) is 0. The lowest BCUT2D eigenvalue weighted by molar-refractivity contribution is -0.103. The van der Waals surface area contributed by atoms with E-state index in [0.717, 1.165) is 10.1 Å². The van der Waals surface area contributed by atoms with Gasteiger partial charge in [-0.2, -0.15) is 9.64 Å². The van der Waals surface area contributed by atoms with Gasteiger partial charge in [-0.15, -0.1) is 0 Å². The molecule has 0 fully saturated rings. The lowest BCUT2D eigenvalue weighted by Crippen LogP contribution is -2.50. The maximum absolute atomic E-state index is 10.8. The zero-order valence-corrected chi connectivity index (χ0v) is 14.6. The molecule has 1 N–H and O–H groups in total. The number of hydrogen-bond acceptors (Lipinski definition) is 6. The predicted octanol–water partition coefficient (Wildman–Crippen LogP) is 3.82. The van der Waals surface area contributed by atoms with Crippen LogP contribution in [0.5, 0.6) is 11.6 Å². The number of aliphatic hydroxyl groups excluding tert-OH is 1. The lowest BCUT2D eigenvalue weighted by atomic mass is 9.87. The maximum atomic E-state index is 10.8. The van der Waals surface area contributed by atoms with Gasteiger partial charge in [-0.3, -0.25) is 0 Å². The monoisotopic (exact) mass is 352 g/mol. The topological polar surface area (TPSA) is 75.4 Å². The molecule has 1 aromatic heterocycles. The molecule has 25 heavy (non-hydrogen) atoms. The molecule has 4 rings (SSSR count). The van der Waals surface area contributed by atoms with Crippen LogP contribution in [0.3, 0.4) is 0 Å². The molecule has 2 atom stereocenters. The largest absolute Gasteiger partial charge is 0.485 e. The van der Waals surface area contributed by atoms with Crippen molar-refractivity contribution in [3.8, 4) is 17.7 Å². The van der Waals surface area contributed by atoms with Crippen molar-refractivity contribution in [2.75, 3.05) is 0 Å². The first-order chi connectivity index (χ1) is 12.0. The SMILES string of the molecule is CC1(C)Oc2ccc(C#N)cc2[C@@H](Oc2nsc3ccccc23)[C@@H]1O. The number of hydrogen-bond donors (Lipinski definition) is 1. The molecule has 0 amide bonds. The van der Waals surface area contributed by atoms with Crippen molar-refractivity contribution >= 4 is 21.6 Å². The average molecular weight is 352 g/mol. The summed E-state index contributed by atoms with van der Waals surface area (Å²) < 4.78 is 17.5. The highest BCUT2D eigenvalue weighted by atomic mass is 32.1. The minimum Gasteiger partial charge on any atom is -0.485 e. The fourth-order valence-corrected chi connectivity index (χ4v) is 3.72. The molecule has 2 aromatic carbocycles. The highest BCUT2D eigenvalue weighted by Crippen LogP contribution is 2.43. The Balaban J connectivity index is 1.81. The van der Waals surface area contributed by atoms with Crippen LogP contribution in [0.2, 0.25) is 0 Å². The summed E-state index contributed by atoms with van der Waals surface area (Å²) >= 11 is 1.35. The molecular weight excluding hydrogens is 336 g/mol. The molecule has 2 heterocycles. The van der Waals surface area contributed by atoms with Crippen molar-refractivity contribution in [1.82, 2.24) is 4.37 Å². The first-order valence-corrected chi connectivity index (χ1v) is 8.69. The molecule has 1 aliphatic heterocycles. The first-order valence-electron chi connectivity index (χ1n) is 7.92. The summed E-state index contributed by atoms with van der Waals surface area (Å²) in [5.41, 5.74) is 0.325. The number of nitrogens with zero attached hydrogens (tertiary/aromatic N) is 2. The second kappa shape index (κ2) is 5.73. The Morgan fingerprint density at radius 3 is 2.88 bits per heavy atom. The minimum absolute atomic E-state index is 0.482. The van der Waals surface area contributed by atoms with E-state index in [-0.39, 0.29) is 0 Å². The van der Waals surface area contributed by atoms with E-state index in [9.17, 15) is 10.4 Å². The van der Waals surface area contributed by atoms with Crippen molar-refractivity contribution in [3.63, 3.8) is 0 Å². The highest BCUT2D eigenvalue weighted by molar-refractivity contribution is 7.13. The Morgan fingerprint density at radius 1 is 1.28 bits per heavy atom. The zero-order valence-electron chi connectivity index (χ0n) is 13.8. The third kappa shape index (κ3) is 2.62. The molecule has 126 valence electrons. The second-order valence-corrected chi connectivity index (χ2v) is 7.34. The number of nitriles is 1. The van der Waals surface area contributed by atoms with Crippen molar-refractivity contribution in [2.45, 2.75) is 31.7 Å². The zero-order chi connectivity index (χ0) is 17.6. The predicted molar refractivity (Wildman–Crippen MR) is 94.9 cm³/mol. The molecule has 0 radical (unpaired) electrons. The number of ether oxygens (including phenoxy) is 2. The van der Waals surface area contributed by atoms with Crippen LogP contribution in [0.25, 0.3) is 10.1 Å². The molecule has 6 heteroatoms. The van der Waals surface area contributed by atoms with Gasteiger partial charge in [0.05, 0.1) is 21.7 Å². The van der Waals surface area contributed by atoms with Crippen LogP contribution in [-0.4, -0.2) is 21.2 Å². The van der Waals surface area contributed by atoms with Gasteiger partial charge >= 0.3 is 0 Å². The van der Waals surface area contributed by atoms with Crippen molar-refractivity contribution < 1.29 is 14.6 Å². The summed E-state index contributed by atoms with van der Waals surface area (Å²) in [6.45, 7) is 3.63. The van der Waals surface area contributed by atoms with Crippen molar-refractivity contribution in [2.24, 2.45) is 0 Å². The van der Waals surface area contributed by atoms with E-state index in [1.807, 2.05) is 38.1 Å². The van der Waals surface area contributed by atoms with Gasteiger partial charge < -0.3 is 14.6 Å². The Hall–Kier alpha value is -2.62. The number of aliphatic hydroxyl groups is 1. The molecule has 0 bridgehead atoms. The maximum Gasteiger partial charge on any atom is 0.233 e. The van der Waals surface area contributed by atoms with Gasteiger partial charge in [-0.05, 0) is 55.7 Å². The van der Waals surface area contributed by atoms with E-state index in [1.54, 1.807) is 18.2 Å². The van der Waals surface area contributed by atoms with Crippen LogP contribution >= 0.6 is 11.5 Å². The molecule has 3 aromatic rings. The van der Waals surface area contributed by atoms with Gasteiger partial charge in [0.15, 0.2) is 6.10 Å². The Morgan fingerprint density at radius 2 is 2.08 bits per heavy atom. The van der Waals surface area contributed by atoms with Gasteiger partial charge in [0.2, 0.25) is 5.88 Å². The summed E-state index contributed by atoms with van der Waals surface area (Å²) in [4.78, 5) is 0. The average Bonchev–Trinajstić information content (AvgIpc) is 3.01. The Labute approximate surface area is 149 Å². The van der Waals surface area contributed by atoms with Crippen LogP contribution < -0.4 is 9.47 Å². The molecule has 0 aliphatic carbocycles. The molecule has 1 aliphatic rings. The summed E-state index contributed by atoms with van der Waals surface area (Å²) in [5.74, 6) is 1.09. The highest BCUT2D eigenvalue weighted by Gasteiger charge is 2.45. The van der Waals surface area contributed by atoms with Gasteiger partial charge in [0, 0.05) is 5.56 Å². The third-order valence-electron chi connectivity index (χ3n) is 4.40. The standard InChI is InChI=1S/C19H16N2O3S/c1-19(2)17(22)16(13-9-11(10-20)7-8-14(13)24-19)23-18-12-5-3-4-6-15(12)25-21-18/h3-9,16-17,22H,1-2H3/t16-,17+/m1/s1. The smallest absolute Gasteiger partial charge is 0.233 e. The number of aromatic nitrogens is 1. The molecule has 0 unspecified atom stereocenters. The molecule has 0 spiro atoms. The van der Waals surface area contributed by atoms with E-state index in [0.29, 0.717) is 22.8 Å². The summed E-state index contributed by atoms with van der Waals surface area (Å²) in [6, 6.07) is 15.1. The lowest BCUT2D eigenvalue weighted by Gasteiger charge is -2.41. The van der Waals surface area contributed by atoms with Gasteiger partial charge in [-0.1, -0.05) is 12.1 Å². The number of rotatable bonds is 2. The van der Waals surface area contributed by atoms with E-state index in [2.05, 4.69) is 10.4 Å². The van der Waals surface area contributed by atoms with Gasteiger partial charge in [-0.25, -0.2) is 0 Å². The minimum atomic E-state index is -0.908. The number of fused-ring (bicyclic) bond motifs is 2. The van der Waals surface area contributed by atoms with E-state index >= 15 is 0 Å². The van der Waals surface area contributed by atoms with E-state index < -0.39 is 17.8 Å². The fraction of sp³-hybridized carbons (Fsp3) is 0.263. The van der Waals surface area contributed by atoms with Crippen LogP contribution in [0.4, 0.5) is 0 Å². The molecule has 0 saturated heterocycles. The van der Waals surface area contributed by atoms with E-state index in [1.165, 1.54) is 11.5 Å².